The molecule has 0 N–H and O–H groups in total. The van der Waals surface area contributed by atoms with Gasteiger partial charge in [0.1, 0.15) is 0 Å². The molecule has 2 aromatic carbocycles. The molecular formula is C20H21Li. The quantitative estimate of drug-likeness (QED) is 0.617. The third-order valence-corrected chi connectivity index (χ3v) is 4.70. The maximum absolute atomic E-state index is 2.33. The van der Waals surface area contributed by atoms with E-state index in [1.165, 1.54) is 33.4 Å². The molecule has 0 spiro atoms. The molecular weight excluding hydrogens is 247 g/mol. The van der Waals surface area contributed by atoms with E-state index in [-0.39, 0.29) is 5.41 Å². The Hall–Kier alpha value is -1.22. The van der Waals surface area contributed by atoms with E-state index >= 15 is 0 Å². The first-order chi connectivity index (χ1) is 9.88. The molecule has 0 amide bonds. The van der Waals surface area contributed by atoms with Crippen LogP contribution in [0.3, 0.4) is 0 Å². The SMILES string of the molecule is [Li][CH]1C(C)=Cc2cccc(-c3ccc(C(C)(C)C)cc3)c21. The molecule has 0 bridgehead atoms. The second-order valence-corrected chi connectivity index (χ2v) is 7.25. The summed E-state index contributed by atoms with van der Waals surface area (Å²) in [7, 11) is 0. The van der Waals surface area contributed by atoms with Crippen LogP contribution in [0.15, 0.2) is 48.0 Å². The summed E-state index contributed by atoms with van der Waals surface area (Å²) in [4.78, 5) is 0. The van der Waals surface area contributed by atoms with Crippen molar-refractivity contribution >= 4 is 23.8 Å². The summed E-state index contributed by atoms with van der Waals surface area (Å²) < 4.78 is 0.526. The van der Waals surface area contributed by atoms with Gasteiger partial charge >= 0.3 is 137 Å². The summed E-state index contributed by atoms with van der Waals surface area (Å²) in [6, 6.07) is 15.8. The number of fused-ring (bicyclic) bond motifs is 1. The second-order valence-electron chi connectivity index (χ2n) is 7.25. The van der Waals surface area contributed by atoms with E-state index in [9.17, 15) is 0 Å². The Bertz CT molecular complexity index is 700. The van der Waals surface area contributed by atoms with E-state index in [1.807, 2.05) is 0 Å². The Morgan fingerprint density at radius 2 is 1.62 bits per heavy atom. The molecule has 0 heterocycles. The van der Waals surface area contributed by atoms with Crippen LogP contribution in [0.4, 0.5) is 0 Å². The molecule has 0 aliphatic heterocycles. The fraction of sp³-hybridized carbons (Fsp3) is 0.300. The summed E-state index contributed by atoms with van der Waals surface area (Å²) in [6.45, 7) is 9.02. The molecule has 0 aromatic heterocycles. The van der Waals surface area contributed by atoms with Gasteiger partial charge in [0.05, 0.1) is 0 Å². The fourth-order valence-electron chi connectivity index (χ4n) is 3.19. The maximum atomic E-state index is 2.33. The van der Waals surface area contributed by atoms with Gasteiger partial charge in [-0.3, -0.25) is 0 Å². The predicted molar refractivity (Wildman–Crippen MR) is 92.7 cm³/mol. The standard InChI is InChI=1S/C20H21.Li/c1-14-12-16-6-5-7-18(19(16)13-14)15-8-10-17(11-9-15)20(2,3)4;/h5-13H,1-4H3;. The van der Waals surface area contributed by atoms with Gasteiger partial charge in [-0.1, -0.05) is 0 Å². The van der Waals surface area contributed by atoms with Crippen molar-refractivity contribution in [3.8, 4) is 11.1 Å². The average molecular weight is 268 g/mol. The van der Waals surface area contributed by atoms with Gasteiger partial charge in [0.2, 0.25) is 0 Å². The van der Waals surface area contributed by atoms with Crippen molar-refractivity contribution in [1.29, 1.82) is 0 Å². The second kappa shape index (κ2) is 5.20. The third-order valence-electron chi connectivity index (χ3n) is 4.70. The van der Waals surface area contributed by atoms with E-state index in [0.717, 1.165) is 0 Å². The minimum absolute atomic E-state index is 0.211. The molecule has 102 valence electrons. The normalized spacial score (nSPS) is 17.6. The van der Waals surface area contributed by atoms with Crippen LogP contribution in [0.25, 0.3) is 17.2 Å². The predicted octanol–water partition coefficient (Wildman–Crippen LogP) is 5.28. The molecule has 0 nitrogen and oxygen atoms in total. The Kier molecular flexibility index (Phi) is 3.64. The van der Waals surface area contributed by atoms with Crippen molar-refractivity contribution in [3.05, 3.63) is 64.7 Å². The number of hydrogen-bond donors (Lipinski definition) is 0. The molecule has 1 aliphatic rings. The third kappa shape index (κ3) is 2.64. The molecule has 1 aliphatic carbocycles. The van der Waals surface area contributed by atoms with Gasteiger partial charge in [0, 0.05) is 0 Å². The topological polar surface area (TPSA) is 0 Å². The summed E-state index contributed by atoms with van der Waals surface area (Å²) in [5.74, 6) is 0. The van der Waals surface area contributed by atoms with Gasteiger partial charge in [0.25, 0.3) is 0 Å². The van der Waals surface area contributed by atoms with E-state index in [4.69, 9.17) is 0 Å². The van der Waals surface area contributed by atoms with Crippen LogP contribution < -0.4 is 0 Å². The first kappa shape index (κ1) is 14.7. The molecule has 3 rings (SSSR count). The summed E-state index contributed by atoms with van der Waals surface area (Å²) in [5, 5.41) is 0. The monoisotopic (exact) mass is 268 g/mol. The Balaban J connectivity index is 2.06. The molecule has 2 aromatic rings. The summed E-state index contributed by atoms with van der Waals surface area (Å²) in [5.41, 5.74) is 8.65. The van der Waals surface area contributed by atoms with Gasteiger partial charge < -0.3 is 0 Å². The molecule has 0 fully saturated rings. The molecule has 1 atom stereocenters. The van der Waals surface area contributed by atoms with Crippen molar-refractivity contribution in [3.63, 3.8) is 0 Å². The summed E-state index contributed by atoms with van der Waals surface area (Å²) >= 11 is 2.31. The van der Waals surface area contributed by atoms with Gasteiger partial charge in [-0.15, -0.1) is 0 Å². The molecule has 21 heavy (non-hydrogen) atoms. The minimum atomic E-state index is 0.211. The average Bonchev–Trinajstić information content (AvgIpc) is 2.73. The zero-order valence-electron chi connectivity index (χ0n) is 13.7. The van der Waals surface area contributed by atoms with Crippen LogP contribution in [0.2, 0.25) is 0 Å². The Morgan fingerprint density at radius 1 is 0.952 bits per heavy atom. The molecule has 1 heteroatoms. The Labute approximate surface area is 137 Å². The van der Waals surface area contributed by atoms with Crippen molar-refractivity contribution in [2.45, 2.75) is 37.7 Å². The zero-order valence-corrected chi connectivity index (χ0v) is 13.7. The fourth-order valence-corrected chi connectivity index (χ4v) is 3.19. The van der Waals surface area contributed by atoms with Crippen LogP contribution in [0.5, 0.6) is 0 Å². The number of hydrogen-bond acceptors (Lipinski definition) is 0. The van der Waals surface area contributed by atoms with E-state index < -0.39 is 0 Å². The molecule has 0 radical (unpaired) electrons. The molecule has 0 saturated heterocycles. The van der Waals surface area contributed by atoms with E-state index in [2.05, 4.69) is 94.0 Å². The molecule has 0 saturated carbocycles. The van der Waals surface area contributed by atoms with Crippen LogP contribution in [0.1, 0.15) is 49.0 Å². The van der Waals surface area contributed by atoms with Crippen molar-refractivity contribution in [2.75, 3.05) is 0 Å². The van der Waals surface area contributed by atoms with Gasteiger partial charge in [-0.2, -0.15) is 0 Å². The van der Waals surface area contributed by atoms with E-state index in [1.54, 1.807) is 0 Å². The Morgan fingerprint density at radius 3 is 2.24 bits per heavy atom. The first-order valence-corrected chi connectivity index (χ1v) is 7.80. The van der Waals surface area contributed by atoms with Crippen molar-refractivity contribution in [1.82, 2.24) is 0 Å². The first-order valence-electron chi connectivity index (χ1n) is 7.80. The van der Waals surface area contributed by atoms with Gasteiger partial charge in [-0.05, 0) is 0 Å². The summed E-state index contributed by atoms with van der Waals surface area (Å²) in [6.07, 6.45) is 2.33. The van der Waals surface area contributed by atoms with Crippen LogP contribution in [0, 0.1) is 0 Å². The van der Waals surface area contributed by atoms with Crippen molar-refractivity contribution in [2.24, 2.45) is 0 Å². The van der Waals surface area contributed by atoms with Crippen molar-refractivity contribution < 1.29 is 0 Å². The number of allylic oxidation sites excluding steroid dienone is 1. The van der Waals surface area contributed by atoms with Crippen LogP contribution >= 0.6 is 0 Å². The van der Waals surface area contributed by atoms with Gasteiger partial charge in [-0.25, -0.2) is 0 Å². The zero-order chi connectivity index (χ0) is 15.2. The number of rotatable bonds is 1. The van der Waals surface area contributed by atoms with E-state index in [0.29, 0.717) is 4.59 Å². The number of benzene rings is 2. The molecule has 1 unspecified atom stereocenters. The van der Waals surface area contributed by atoms with Crippen LogP contribution in [-0.2, 0) is 5.41 Å². The van der Waals surface area contributed by atoms with Gasteiger partial charge in [0.15, 0.2) is 0 Å². The van der Waals surface area contributed by atoms with Crippen LogP contribution in [-0.4, -0.2) is 17.7 Å².